The first-order valence-electron chi connectivity index (χ1n) is 10.3. The molecule has 10 nitrogen and oxygen atoms in total. The molecule has 4 rings (SSSR count). The fraction of sp³-hybridized carbons (Fsp3) is 0.261. The van der Waals surface area contributed by atoms with E-state index in [0.29, 0.717) is 28.6 Å². The molecule has 0 atom stereocenters. The molecule has 0 saturated carbocycles. The summed E-state index contributed by atoms with van der Waals surface area (Å²) in [5.41, 5.74) is 9.89. The summed E-state index contributed by atoms with van der Waals surface area (Å²) in [5.74, 6) is 1.47. The van der Waals surface area contributed by atoms with Crippen molar-refractivity contribution in [3.63, 3.8) is 0 Å². The highest BCUT2D eigenvalue weighted by Crippen LogP contribution is 2.37. The molecule has 0 unspecified atom stereocenters. The molecule has 3 N–H and O–H groups in total. The number of nitrogen functional groups attached to an aromatic ring is 1. The number of aromatic nitrogens is 5. The molecule has 3 aromatic heterocycles. The maximum Gasteiger partial charge on any atom is 0.412 e. The van der Waals surface area contributed by atoms with E-state index in [1.54, 1.807) is 43.7 Å². The van der Waals surface area contributed by atoms with Crippen molar-refractivity contribution >= 4 is 23.1 Å². The number of rotatable bonds is 4. The molecule has 3 heterocycles. The molecule has 0 aliphatic rings. The van der Waals surface area contributed by atoms with Crippen molar-refractivity contribution in [2.75, 3.05) is 18.2 Å². The normalized spacial score (nSPS) is 11.4. The van der Waals surface area contributed by atoms with Crippen molar-refractivity contribution in [1.82, 2.24) is 24.6 Å². The van der Waals surface area contributed by atoms with Crippen LogP contribution in [0.1, 0.15) is 26.6 Å². The number of carbonyl (C=O) groups is 1. The molecule has 0 aliphatic heterocycles. The lowest BCUT2D eigenvalue weighted by molar-refractivity contribution is 0.0635. The van der Waals surface area contributed by atoms with E-state index in [-0.39, 0.29) is 0 Å². The second kappa shape index (κ2) is 8.38. The lowest BCUT2D eigenvalue weighted by Gasteiger charge is -2.20. The Hall–Kier alpha value is -4.21. The number of hydrogen-bond donors (Lipinski definition) is 2. The third-order valence-electron chi connectivity index (χ3n) is 4.81. The number of aryl methyl sites for hydroxylation is 1. The maximum atomic E-state index is 12.2. The van der Waals surface area contributed by atoms with Crippen LogP contribution in [-0.2, 0) is 4.74 Å². The van der Waals surface area contributed by atoms with E-state index in [4.69, 9.17) is 15.2 Å². The minimum absolute atomic E-state index is 0.328. The van der Waals surface area contributed by atoms with Gasteiger partial charge in [0.2, 0.25) is 0 Å². The van der Waals surface area contributed by atoms with Crippen molar-refractivity contribution in [2.24, 2.45) is 0 Å². The molecule has 10 heteroatoms. The van der Waals surface area contributed by atoms with Gasteiger partial charge in [-0.25, -0.2) is 24.3 Å². The van der Waals surface area contributed by atoms with Gasteiger partial charge in [0.15, 0.2) is 5.82 Å². The van der Waals surface area contributed by atoms with Crippen molar-refractivity contribution < 1.29 is 14.3 Å². The first-order chi connectivity index (χ1) is 15.7. The van der Waals surface area contributed by atoms with Crippen LogP contribution in [0, 0.1) is 6.92 Å². The SMILES string of the molecule is COc1cc(-c2cc(-c3cnc(C)nc3)n3ncnc(N)c23)ccc1NC(=O)OC(C)(C)C. The zero-order valence-electron chi connectivity index (χ0n) is 19.1. The molecular formula is C23H25N7O3. The second-order valence-corrected chi connectivity index (χ2v) is 8.41. The largest absolute Gasteiger partial charge is 0.495 e. The van der Waals surface area contributed by atoms with Crippen molar-refractivity contribution in [1.29, 1.82) is 0 Å². The minimum Gasteiger partial charge on any atom is -0.495 e. The van der Waals surface area contributed by atoms with Gasteiger partial charge in [0.25, 0.3) is 0 Å². The standard InChI is InChI=1S/C23H25N7O3/c1-13-25-10-15(11-26-13)18-9-16(20-21(24)27-12-28-30(18)20)14-6-7-17(19(8-14)32-5)29-22(31)33-23(2,3)4/h6-12H,1-5H3,(H,29,31)(H2,24,27,28). The summed E-state index contributed by atoms with van der Waals surface area (Å²) in [6.07, 6.45) is 4.31. The average Bonchev–Trinajstić information content (AvgIpc) is 3.14. The van der Waals surface area contributed by atoms with Gasteiger partial charge in [0.1, 0.15) is 29.0 Å². The number of ether oxygens (including phenoxy) is 2. The molecule has 1 aromatic carbocycles. The van der Waals surface area contributed by atoms with Crippen molar-refractivity contribution in [2.45, 2.75) is 33.3 Å². The van der Waals surface area contributed by atoms with Crippen LogP contribution >= 0.6 is 0 Å². The monoisotopic (exact) mass is 447 g/mol. The Balaban J connectivity index is 1.79. The van der Waals surface area contributed by atoms with E-state index >= 15 is 0 Å². The molecule has 0 aliphatic carbocycles. The molecule has 4 aromatic rings. The van der Waals surface area contributed by atoms with Gasteiger partial charge >= 0.3 is 6.09 Å². The summed E-state index contributed by atoms with van der Waals surface area (Å²) in [5, 5.41) is 7.11. The second-order valence-electron chi connectivity index (χ2n) is 8.41. The number of nitrogens with two attached hydrogens (primary N) is 1. The number of anilines is 2. The molecule has 1 amide bonds. The van der Waals surface area contributed by atoms with Crippen molar-refractivity contribution in [3.8, 4) is 28.1 Å². The van der Waals surface area contributed by atoms with E-state index in [1.165, 1.54) is 13.4 Å². The highest BCUT2D eigenvalue weighted by atomic mass is 16.6. The van der Waals surface area contributed by atoms with E-state index in [0.717, 1.165) is 22.4 Å². The number of hydrogen-bond acceptors (Lipinski definition) is 8. The Morgan fingerprint density at radius 3 is 2.48 bits per heavy atom. The fourth-order valence-electron chi connectivity index (χ4n) is 3.39. The van der Waals surface area contributed by atoms with Gasteiger partial charge in [-0.05, 0) is 51.5 Å². The Bertz CT molecular complexity index is 1320. The van der Waals surface area contributed by atoms with E-state index in [9.17, 15) is 4.79 Å². The van der Waals surface area contributed by atoms with Crippen LogP contribution < -0.4 is 15.8 Å². The number of methoxy groups -OCH3 is 1. The number of fused-ring (bicyclic) bond motifs is 1. The third kappa shape index (κ3) is 4.54. The Kier molecular flexibility index (Phi) is 5.59. The average molecular weight is 447 g/mol. The molecule has 0 saturated heterocycles. The summed E-state index contributed by atoms with van der Waals surface area (Å²) in [4.78, 5) is 25.0. The van der Waals surface area contributed by atoms with E-state index in [2.05, 4.69) is 25.4 Å². The Morgan fingerprint density at radius 1 is 1.09 bits per heavy atom. The zero-order valence-corrected chi connectivity index (χ0v) is 19.1. The van der Waals surface area contributed by atoms with Crippen LogP contribution in [0.2, 0.25) is 0 Å². The van der Waals surface area contributed by atoms with Gasteiger partial charge in [-0.3, -0.25) is 5.32 Å². The summed E-state index contributed by atoms with van der Waals surface area (Å²) in [7, 11) is 1.53. The number of nitrogens with one attached hydrogen (secondary N) is 1. The molecule has 0 fully saturated rings. The molecule has 170 valence electrons. The van der Waals surface area contributed by atoms with Gasteiger partial charge in [-0.15, -0.1) is 0 Å². The van der Waals surface area contributed by atoms with Crippen LogP contribution in [0.3, 0.4) is 0 Å². The van der Waals surface area contributed by atoms with Gasteiger partial charge < -0.3 is 15.2 Å². The van der Waals surface area contributed by atoms with Crippen LogP contribution in [-0.4, -0.2) is 43.4 Å². The molecule has 0 spiro atoms. The molecule has 33 heavy (non-hydrogen) atoms. The van der Waals surface area contributed by atoms with Gasteiger partial charge in [0.05, 0.1) is 18.5 Å². The maximum absolute atomic E-state index is 12.2. The Morgan fingerprint density at radius 2 is 1.82 bits per heavy atom. The lowest BCUT2D eigenvalue weighted by Crippen LogP contribution is -2.27. The third-order valence-corrected chi connectivity index (χ3v) is 4.81. The van der Waals surface area contributed by atoms with Crippen LogP contribution in [0.4, 0.5) is 16.3 Å². The number of nitrogens with zero attached hydrogens (tertiary/aromatic N) is 5. The number of carbonyl (C=O) groups excluding carboxylic acids is 1. The highest BCUT2D eigenvalue weighted by molar-refractivity contribution is 5.94. The predicted octanol–water partition coefficient (Wildman–Crippen LogP) is 4.10. The zero-order chi connectivity index (χ0) is 23.8. The molecular weight excluding hydrogens is 422 g/mol. The summed E-state index contributed by atoms with van der Waals surface area (Å²) in [6.45, 7) is 7.22. The predicted molar refractivity (Wildman–Crippen MR) is 125 cm³/mol. The van der Waals surface area contributed by atoms with Gasteiger partial charge in [0, 0.05) is 23.5 Å². The first-order valence-corrected chi connectivity index (χ1v) is 10.3. The fourth-order valence-corrected chi connectivity index (χ4v) is 3.39. The first kappa shape index (κ1) is 22.0. The van der Waals surface area contributed by atoms with Crippen LogP contribution in [0.25, 0.3) is 27.9 Å². The van der Waals surface area contributed by atoms with E-state index in [1.807, 2.05) is 25.1 Å². The lowest BCUT2D eigenvalue weighted by atomic mass is 10.0. The topological polar surface area (TPSA) is 130 Å². The Labute approximate surface area is 190 Å². The summed E-state index contributed by atoms with van der Waals surface area (Å²) in [6, 6.07) is 7.36. The number of benzene rings is 1. The quantitative estimate of drug-likeness (QED) is 0.478. The van der Waals surface area contributed by atoms with Gasteiger partial charge in [-0.1, -0.05) is 6.07 Å². The molecule has 0 bridgehead atoms. The van der Waals surface area contributed by atoms with Gasteiger partial charge in [-0.2, -0.15) is 5.10 Å². The minimum atomic E-state index is -0.615. The molecule has 0 radical (unpaired) electrons. The summed E-state index contributed by atoms with van der Waals surface area (Å²) < 4.78 is 12.6. The highest BCUT2D eigenvalue weighted by Gasteiger charge is 2.20. The summed E-state index contributed by atoms with van der Waals surface area (Å²) >= 11 is 0. The number of amides is 1. The smallest absolute Gasteiger partial charge is 0.412 e. The van der Waals surface area contributed by atoms with Crippen LogP contribution in [0.5, 0.6) is 5.75 Å². The van der Waals surface area contributed by atoms with Crippen LogP contribution in [0.15, 0.2) is 43.0 Å². The van der Waals surface area contributed by atoms with E-state index < -0.39 is 11.7 Å². The van der Waals surface area contributed by atoms with Crippen molar-refractivity contribution in [3.05, 3.63) is 48.8 Å².